The van der Waals surface area contributed by atoms with Crippen LogP contribution >= 0.6 is 0 Å². The van der Waals surface area contributed by atoms with E-state index in [0.717, 1.165) is 56.5 Å². The predicted octanol–water partition coefficient (Wildman–Crippen LogP) is 8.01. The fourth-order valence-electron chi connectivity index (χ4n) is 5.83. The van der Waals surface area contributed by atoms with Crippen molar-refractivity contribution in [3.05, 3.63) is 146 Å². The zero-order chi connectivity index (χ0) is 27.2. The minimum Gasteiger partial charge on any atom is -0.480 e. The number of fused-ring (bicyclic) bond motifs is 6. The highest BCUT2D eigenvalue weighted by molar-refractivity contribution is 6.80. The molecule has 4 heterocycles. The maximum atomic E-state index is 7.42. The van der Waals surface area contributed by atoms with Gasteiger partial charge < -0.3 is 8.85 Å². The van der Waals surface area contributed by atoms with Gasteiger partial charge in [0.05, 0.1) is 0 Å². The molecule has 0 saturated heterocycles. The Hall–Kier alpha value is -5.40. The van der Waals surface area contributed by atoms with Crippen molar-refractivity contribution in [2.45, 2.75) is 0 Å². The molecular weight excluding hydrogens is 524 g/mol. The Bertz CT molecular complexity index is 1740. The van der Waals surface area contributed by atoms with Gasteiger partial charge in [-0.1, -0.05) is 72.8 Å². The molecule has 2 aromatic heterocycles. The van der Waals surface area contributed by atoms with Gasteiger partial charge in [0.1, 0.15) is 11.5 Å². The standard InChI is InChI=1S/C34H24N4O2Si/c1-5-13-31-27(9-1)29-11-3-7-15-33(29)39-41(37(31)25-17-21-35-22-18-25)38(26-19-23-36-24-20-26)32-14-6-2-10-28(32)30-12-4-8-16-34(30)40-41/h1-24H. The zero-order valence-corrected chi connectivity index (χ0v) is 23.0. The van der Waals surface area contributed by atoms with E-state index in [1.54, 1.807) is 0 Å². The van der Waals surface area contributed by atoms with E-state index in [-0.39, 0.29) is 0 Å². The highest BCUT2D eigenvalue weighted by Gasteiger charge is 2.63. The molecule has 1 spiro atoms. The molecule has 8 rings (SSSR count). The molecular formula is C34H24N4O2Si. The molecule has 0 bridgehead atoms. The lowest BCUT2D eigenvalue weighted by Gasteiger charge is -2.44. The second kappa shape index (κ2) is 9.36. The molecule has 0 aliphatic carbocycles. The van der Waals surface area contributed by atoms with Gasteiger partial charge in [-0.2, -0.15) is 0 Å². The fourth-order valence-corrected chi connectivity index (χ4v) is 9.32. The van der Waals surface area contributed by atoms with E-state index in [0.29, 0.717) is 0 Å². The maximum absolute atomic E-state index is 7.42. The lowest BCUT2D eigenvalue weighted by Crippen LogP contribution is -2.72. The molecule has 0 saturated carbocycles. The first-order valence-corrected chi connectivity index (χ1v) is 15.2. The highest BCUT2D eigenvalue weighted by Crippen LogP contribution is 2.53. The Morgan fingerprint density at radius 3 is 1.22 bits per heavy atom. The second-order valence-electron chi connectivity index (χ2n) is 9.86. The van der Waals surface area contributed by atoms with Crippen LogP contribution in [0.4, 0.5) is 22.7 Å². The molecule has 2 aliphatic rings. The van der Waals surface area contributed by atoms with Crippen LogP contribution in [0.1, 0.15) is 0 Å². The van der Waals surface area contributed by atoms with Gasteiger partial charge in [0.2, 0.25) is 0 Å². The molecule has 0 amide bonds. The second-order valence-corrected chi connectivity index (χ2v) is 12.3. The zero-order valence-electron chi connectivity index (χ0n) is 22.0. The van der Waals surface area contributed by atoms with E-state index < -0.39 is 8.88 Å². The van der Waals surface area contributed by atoms with E-state index in [4.69, 9.17) is 8.85 Å². The first-order valence-electron chi connectivity index (χ1n) is 13.5. The van der Waals surface area contributed by atoms with Crippen molar-refractivity contribution in [1.29, 1.82) is 0 Å². The van der Waals surface area contributed by atoms with E-state index in [2.05, 4.69) is 91.9 Å². The number of hydrogen-bond acceptors (Lipinski definition) is 6. The Morgan fingerprint density at radius 1 is 0.415 bits per heavy atom. The molecule has 7 heteroatoms. The number of aromatic nitrogens is 2. The molecule has 2 aliphatic heterocycles. The molecule has 0 atom stereocenters. The summed E-state index contributed by atoms with van der Waals surface area (Å²) in [6, 6.07) is 41.3. The minimum atomic E-state index is -3.80. The van der Waals surface area contributed by atoms with Crippen LogP contribution in [0.25, 0.3) is 22.3 Å². The van der Waals surface area contributed by atoms with Crippen LogP contribution in [0.2, 0.25) is 0 Å². The van der Waals surface area contributed by atoms with Crippen LogP contribution in [0, 0.1) is 0 Å². The first kappa shape index (κ1) is 23.5. The van der Waals surface area contributed by atoms with Crippen LogP contribution in [0.5, 0.6) is 11.5 Å². The van der Waals surface area contributed by atoms with E-state index in [9.17, 15) is 0 Å². The largest absolute Gasteiger partial charge is 0.733 e. The molecule has 0 radical (unpaired) electrons. The van der Waals surface area contributed by atoms with Crippen LogP contribution in [0.3, 0.4) is 0 Å². The molecule has 6 nitrogen and oxygen atoms in total. The number of hydrogen-bond donors (Lipinski definition) is 0. The molecule has 4 aromatic carbocycles. The number of rotatable bonds is 2. The molecule has 41 heavy (non-hydrogen) atoms. The van der Waals surface area contributed by atoms with Gasteiger partial charge in [0.25, 0.3) is 0 Å². The quantitative estimate of drug-likeness (QED) is 0.204. The van der Waals surface area contributed by atoms with E-state index in [1.807, 2.05) is 73.3 Å². The van der Waals surface area contributed by atoms with Gasteiger partial charge in [-0.05, 0) is 48.5 Å². The fraction of sp³-hybridized carbons (Fsp3) is 0. The van der Waals surface area contributed by atoms with Crippen molar-refractivity contribution in [3.8, 4) is 33.8 Å². The van der Waals surface area contributed by atoms with Crippen molar-refractivity contribution in [1.82, 2.24) is 9.97 Å². The number of benzene rings is 4. The summed E-state index contributed by atoms with van der Waals surface area (Å²) in [6.45, 7) is 0. The van der Waals surface area contributed by atoms with E-state index >= 15 is 0 Å². The average Bonchev–Trinajstić information content (AvgIpc) is 3.23. The number of pyridine rings is 2. The summed E-state index contributed by atoms with van der Waals surface area (Å²) in [5.74, 6) is 1.53. The summed E-state index contributed by atoms with van der Waals surface area (Å²) < 4.78 is 19.4. The average molecular weight is 549 g/mol. The third kappa shape index (κ3) is 3.63. The monoisotopic (exact) mass is 548 g/mol. The molecule has 0 fully saturated rings. The van der Waals surface area contributed by atoms with Crippen molar-refractivity contribution >= 4 is 31.6 Å². The van der Waals surface area contributed by atoms with Crippen LogP contribution in [-0.2, 0) is 0 Å². The van der Waals surface area contributed by atoms with Gasteiger partial charge in [0.15, 0.2) is 0 Å². The lowest BCUT2D eigenvalue weighted by atomic mass is 10.0. The smallest absolute Gasteiger partial charge is 0.480 e. The Morgan fingerprint density at radius 2 is 0.780 bits per heavy atom. The van der Waals surface area contributed by atoms with E-state index in [1.165, 1.54) is 0 Å². The minimum absolute atomic E-state index is 0.763. The normalized spacial score (nSPS) is 14.3. The van der Waals surface area contributed by atoms with Crippen LogP contribution in [0.15, 0.2) is 146 Å². The number of para-hydroxylation sites is 4. The Kier molecular flexibility index (Phi) is 5.36. The molecule has 196 valence electrons. The summed E-state index contributed by atoms with van der Waals surface area (Å²) in [7, 11) is -3.80. The topological polar surface area (TPSA) is 50.7 Å². The van der Waals surface area contributed by atoms with Crippen molar-refractivity contribution in [3.63, 3.8) is 0 Å². The number of nitrogens with zero attached hydrogens (tertiary/aromatic N) is 4. The van der Waals surface area contributed by atoms with Gasteiger partial charge in [-0.15, -0.1) is 0 Å². The summed E-state index contributed by atoms with van der Waals surface area (Å²) in [5.41, 5.74) is 7.97. The van der Waals surface area contributed by atoms with Gasteiger partial charge in [-0.25, -0.2) is 0 Å². The van der Waals surface area contributed by atoms with Gasteiger partial charge in [0, 0.05) is 69.8 Å². The summed E-state index contributed by atoms with van der Waals surface area (Å²) in [6.07, 6.45) is 7.25. The van der Waals surface area contributed by atoms with Crippen molar-refractivity contribution < 1.29 is 8.85 Å². The Balaban J connectivity index is 1.55. The lowest BCUT2D eigenvalue weighted by molar-refractivity contribution is 0.384. The number of anilines is 4. The predicted molar refractivity (Wildman–Crippen MR) is 164 cm³/mol. The third-order valence-corrected chi connectivity index (χ3v) is 10.6. The van der Waals surface area contributed by atoms with Crippen LogP contribution < -0.4 is 18.0 Å². The molecule has 0 unspecified atom stereocenters. The van der Waals surface area contributed by atoms with Crippen LogP contribution in [-0.4, -0.2) is 18.9 Å². The van der Waals surface area contributed by atoms with Crippen molar-refractivity contribution in [2.75, 3.05) is 9.13 Å². The Labute approximate surface area is 239 Å². The molecule has 0 N–H and O–H groups in total. The van der Waals surface area contributed by atoms with Gasteiger partial charge in [-0.3, -0.25) is 19.1 Å². The van der Waals surface area contributed by atoms with Crippen molar-refractivity contribution in [2.24, 2.45) is 0 Å². The van der Waals surface area contributed by atoms with Gasteiger partial charge >= 0.3 is 8.88 Å². The summed E-state index contributed by atoms with van der Waals surface area (Å²) in [5, 5.41) is 0. The SMILES string of the molecule is c1ccc2c(c1)O[Si]1(Oc3ccccc3-c3ccccc3N1c1ccncc1)N(c1ccncc1)c1ccccc1-2. The highest BCUT2D eigenvalue weighted by atomic mass is 28.4. The third-order valence-electron chi connectivity index (χ3n) is 7.54. The first-order chi connectivity index (χ1) is 20.3. The maximum Gasteiger partial charge on any atom is 0.733 e. The molecule has 6 aromatic rings. The summed E-state index contributed by atoms with van der Waals surface area (Å²) >= 11 is 0. The summed E-state index contributed by atoms with van der Waals surface area (Å²) in [4.78, 5) is 8.69.